The second-order valence-corrected chi connectivity index (χ2v) is 4.89. The quantitative estimate of drug-likeness (QED) is 0.787. The summed E-state index contributed by atoms with van der Waals surface area (Å²) in [6, 6.07) is 7.99. The second-order valence-electron chi connectivity index (χ2n) is 4.89. The number of benzene rings is 1. The zero-order valence-electron chi connectivity index (χ0n) is 10.4. The lowest BCUT2D eigenvalue weighted by Crippen LogP contribution is -2.41. The molecule has 0 unspecified atom stereocenters. The van der Waals surface area contributed by atoms with Gasteiger partial charge < -0.3 is 10.0 Å². The van der Waals surface area contributed by atoms with E-state index in [2.05, 4.69) is 32.3 Å². The highest BCUT2D eigenvalue weighted by molar-refractivity contribution is 5.50. The van der Waals surface area contributed by atoms with Gasteiger partial charge in [0.2, 0.25) is 0 Å². The van der Waals surface area contributed by atoms with Gasteiger partial charge in [-0.2, -0.15) is 0 Å². The monoisotopic (exact) mass is 219 g/mol. The lowest BCUT2D eigenvalue weighted by molar-refractivity contribution is 0.282. The molecular weight excluding hydrogens is 198 g/mol. The minimum atomic E-state index is 0.0644. The molecule has 0 amide bonds. The number of aliphatic hydroxyl groups is 1. The van der Waals surface area contributed by atoms with E-state index in [-0.39, 0.29) is 12.1 Å². The van der Waals surface area contributed by atoms with Gasteiger partial charge in [-0.1, -0.05) is 18.2 Å². The zero-order valence-corrected chi connectivity index (χ0v) is 10.4. The van der Waals surface area contributed by atoms with Gasteiger partial charge in [0.1, 0.15) is 0 Å². The maximum atomic E-state index is 9.00. The average molecular weight is 219 g/mol. The molecule has 2 nitrogen and oxygen atoms in total. The van der Waals surface area contributed by atoms with E-state index in [0.29, 0.717) is 0 Å². The van der Waals surface area contributed by atoms with Crippen molar-refractivity contribution in [1.82, 2.24) is 0 Å². The third-order valence-corrected chi connectivity index (χ3v) is 2.55. The van der Waals surface area contributed by atoms with Gasteiger partial charge in [-0.3, -0.25) is 0 Å². The highest BCUT2D eigenvalue weighted by Gasteiger charge is 2.20. The number of nitrogens with zero attached hydrogens (tertiary/aromatic N) is 1. The molecule has 0 aliphatic carbocycles. The first-order valence-corrected chi connectivity index (χ1v) is 5.57. The Labute approximate surface area is 98.2 Å². The van der Waals surface area contributed by atoms with Crippen LogP contribution in [0.3, 0.4) is 0 Å². The summed E-state index contributed by atoms with van der Waals surface area (Å²) >= 11 is 0. The number of aliphatic hydroxyl groups excluding tert-OH is 1. The van der Waals surface area contributed by atoms with Crippen LogP contribution in [0.2, 0.25) is 0 Å². The minimum absolute atomic E-state index is 0.0644. The first kappa shape index (κ1) is 12.8. The molecule has 0 fully saturated rings. The summed E-state index contributed by atoms with van der Waals surface area (Å²) in [4.78, 5) is 2.28. The summed E-state index contributed by atoms with van der Waals surface area (Å²) in [5.41, 5.74) is 2.16. The fraction of sp³-hybridized carbons (Fsp3) is 0.429. The Morgan fingerprint density at radius 1 is 1.25 bits per heavy atom. The van der Waals surface area contributed by atoms with Crippen molar-refractivity contribution < 1.29 is 5.11 Å². The molecule has 88 valence electrons. The Kier molecular flexibility index (Phi) is 4.13. The topological polar surface area (TPSA) is 23.5 Å². The molecule has 0 saturated carbocycles. The van der Waals surface area contributed by atoms with Gasteiger partial charge in [-0.25, -0.2) is 0 Å². The molecule has 0 aromatic heterocycles. The van der Waals surface area contributed by atoms with Crippen LogP contribution in [-0.4, -0.2) is 17.2 Å². The molecule has 1 aromatic rings. The van der Waals surface area contributed by atoms with Crippen LogP contribution in [0.5, 0.6) is 0 Å². The SMILES string of the molecule is C=CCN(c1ccc(CO)cc1)C(C)(C)C. The van der Waals surface area contributed by atoms with E-state index >= 15 is 0 Å². The summed E-state index contributed by atoms with van der Waals surface area (Å²) in [5, 5.41) is 9.00. The van der Waals surface area contributed by atoms with Gasteiger partial charge in [0.15, 0.2) is 0 Å². The standard InChI is InChI=1S/C14H21NO/c1-5-10-15(14(2,3)4)13-8-6-12(11-16)7-9-13/h5-9,16H,1,10-11H2,2-4H3. The molecule has 1 N–H and O–H groups in total. The normalized spacial score (nSPS) is 11.2. The lowest BCUT2D eigenvalue weighted by atomic mass is 10.0. The van der Waals surface area contributed by atoms with E-state index in [1.807, 2.05) is 30.3 Å². The van der Waals surface area contributed by atoms with Crippen LogP contribution in [0, 0.1) is 0 Å². The van der Waals surface area contributed by atoms with E-state index < -0.39 is 0 Å². The first-order valence-electron chi connectivity index (χ1n) is 5.57. The van der Waals surface area contributed by atoms with Crippen molar-refractivity contribution >= 4 is 5.69 Å². The van der Waals surface area contributed by atoms with Gasteiger partial charge in [0, 0.05) is 17.8 Å². The summed E-state index contributed by atoms with van der Waals surface area (Å²) in [6.07, 6.45) is 1.91. The van der Waals surface area contributed by atoms with Crippen LogP contribution in [0.1, 0.15) is 26.3 Å². The van der Waals surface area contributed by atoms with Crippen molar-refractivity contribution in [3.8, 4) is 0 Å². The van der Waals surface area contributed by atoms with Crippen molar-refractivity contribution in [2.75, 3.05) is 11.4 Å². The van der Waals surface area contributed by atoms with Crippen molar-refractivity contribution in [3.05, 3.63) is 42.5 Å². The molecular formula is C14H21NO. The van der Waals surface area contributed by atoms with Crippen molar-refractivity contribution in [2.24, 2.45) is 0 Å². The highest BCUT2D eigenvalue weighted by atomic mass is 16.3. The lowest BCUT2D eigenvalue weighted by Gasteiger charge is -2.37. The Hall–Kier alpha value is -1.28. The summed E-state index contributed by atoms with van der Waals surface area (Å²) in [7, 11) is 0. The van der Waals surface area contributed by atoms with E-state index in [9.17, 15) is 0 Å². The molecule has 1 aromatic carbocycles. The van der Waals surface area contributed by atoms with Crippen LogP contribution >= 0.6 is 0 Å². The average Bonchev–Trinajstić information content (AvgIpc) is 2.25. The number of hydrogen-bond acceptors (Lipinski definition) is 2. The molecule has 2 heteroatoms. The van der Waals surface area contributed by atoms with Crippen molar-refractivity contribution in [2.45, 2.75) is 32.9 Å². The Bertz CT molecular complexity index is 335. The van der Waals surface area contributed by atoms with Gasteiger partial charge in [0.25, 0.3) is 0 Å². The third-order valence-electron chi connectivity index (χ3n) is 2.55. The maximum absolute atomic E-state index is 9.00. The smallest absolute Gasteiger partial charge is 0.0681 e. The van der Waals surface area contributed by atoms with Gasteiger partial charge in [0.05, 0.1) is 6.61 Å². The summed E-state index contributed by atoms with van der Waals surface area (Å²) in [5.74, 6) is 0. The molecule has 1 rings (SSSR count). The highest BCUT2D eigenvalue weighted by Crippen LogP contribution is 2.23. The first-order chi connectivity index (χ1) is 7.49. The fourth-order valence-electron chi connectivity index (χ4n) is 1.68. The van der Waals surface area contributed by atoms with Gasteiger partial charge in [-0.15, -0.1) is 6.58 Å². The molecule has 0 aliphatic heterocycles. The number of hydrogen-bond donors (Lipinski definition) is 1. The maximum Gasteiger partial charge on any atom is 0.0681 e. The van der Waals surface area contributed by atoms with E-state index in [0.717, 1.165) is 17.8 Å². The fourth-order valence-corrected chi connectivity index (χ4v) is 1.68. The minimum Gasteiger partial charge on any atom is -0.392 e. The van der Waals surface area contributed by atoms with E-state index in [1.165, 1.54) is 0 Å². The molecule has 0 atom stereocenters. The van der Waals surface area contributed by atoms with Crippen molar-refractivity contribution in [1.29, 1.82) is 0 Å². The predicted octanol–water partition coefficient (Wildman–Crippen LogP) is 2.97. The van der Waals surface area contributed by atoms with Crippen LogP contribution in [0.25, 0.3) is 0 Å². The van der Waals surface area contributed by atoms with E-state index in [4.69, 9.17) is 5.11 Å². The molecule has 0 bridgehead atoms. The van der Waals surface area contributed by atoms with Gasteiger partial charge >= 0.3 is 0 Å². The third kappa shape index (κ3) is 3.11. The Balaban J connectivity index is 2.97. The molecule has 16 heavy (non-hydrogen) atoms. The summed E-state index contributed by atoms with van der Waals surface area (Å²) < 4.78 is 0. The Morgan fingerprint density at radius 3 is 2.19 bits per heavy atom. The number of anilines is 1. The number of rotatable bonds is 4. The summed E-state index contributed by atoms with van der Waals surface area (Å²) in [6.45, 7) is 11.2. The van der Waals surface area contributed by atoms with Crippen LogP contribution in [-0.2, 0) is 6.61 Å². The van der Waals surface area contributed by atoms with Crippen molar-refractivity contribution in [3.63, 3.8) is 0 Å². The molecule has 0 saturated heterocycles. The largest absolute Gasteiger partial charge is 0.392 e. The zero-order chi connectivity index (χ0) is 12.2. The molecule has 0 spiro atoms. The Morgan fingerprint density at radius 2 is 1.81 bits per heavy atom. The van der Waals surface area contributed by atoms with E-state index in [1.54, 1.807) is 0 Å². The van der Waals surface area contributed by atoms with Crippen LogP contribution in [0.4, 0.5) is 5.69 Å². The molecule has 0 heterocycles. The second kappa shape index (κ2) is 5.17. The van der Waals surface area contributed by atoms with Gasteiger partial charge in [-0.05, 0) is 38.5 Å². The molecule has 0 radical (unpaired) electrons. The predicted molar refractivity (Wildman–Crippen MR) is 69.7 cm³/mol. The van der Waals surface area contributed by atoms with Crippen LogP contribution < -0.4 is 4.90 Å². The molecule has 0 aliphatic rings. The van der Waals surface area contributed by atoms with Crippen LogP contribution in [0.15, 0.2) is 36.9 Å².